The highest BCUT2D eigenvalue weighted by Gasteiger charge is 2.23. The van der Waals surface area contributed by atoms with E-state index in [1.165, 1.54) is 30.9 Å². The first-order valence-corrected chi connectivity index (χ1v) is 17.8. The van der Waals surface area contributed by atoms with Crippen molar-refractivity contribution in [3.05, 3.63) is 158 Å². The molecule has 0 aliphatic rings. The molecule has 5 nitrogen and oxygen atoms in total. The number of furan rings is 1. The fourth-order valence-electron chi connectivity index (χ4n) is 7.55. The molecule has 4 aromatic heterocycles. The highest BCUT2D eigenvalue weighted by Crippen LogP contribution is 2.44. The van der Waals surface area contributed by atoms with E-state index in [0.717, 1.165) is 55.3 Å². The van der Waals surface area contributed by atoms with Gasteiger partial charge in [-0.2, -0.15) is 0 Å². The van der Waals surface area contributed by atoms with E-state index >= 15 is 0 Å². The standard InChI is InChI=1S/C45H26N4OS/c1-3-13-27(14-4-1)43-46-44(28-15-5-2-6-16-28)48-45(47-43)32-23-24-36(42-41(32)31-19-8-11-21-38(31)50-42)49-35-20-10-7-17-29(35)33-26-40-34(25-37(33)49)30-18-9-12-22-39(30)51-40/h1-26H. The van der Waals surface area contributed by atoms with Crippen LogP contribution in [0, 0.1) is 0 Å². The molecular weight excluding hydrogens is 645 g/mol. The van der Waals surface area contributed by atoms with Crippen LogP contribution in [-0.2, 0) is 0 Å². The Kier molecular flexibility index (Phi) is 6.05. The summed E-state index contributed by atoms with van der Waals surface area (Å²) in [5.41, 5.74) is 7.59. The summed E-state index contributed by atoms with van der Waals surface area (Å²) in [6.07, 6.45) is 0. The lowest BCUT2D eigenvalue weighted by Gasteiger charge is -2.12. The minimum Gasteiger partial charge on any atom is -0.454 e. The molecule has 51 heavy (non-hydrogen) atoms. The predicted octanol–water partition coefficient (Wildman–Crippen LogP) is 12.2. The number of thiophene rings is 1. The van der Waals surface area contributed by atoms with Gasteiger partial charge < -0.3 is 8.98 Å². The van der Waals surface area contributed by atoms with Crippen molar-refractivity contribution in [1.29, 1.82) is 0 Å². The summed E-state index contributed by atoms with van der Waals surface area (Å²) in [6.45, 7) is 0. The summed E-state index contributed by atoms with van der Waals surface area (Å²) in [4.78, 5) is 15.2. The molecule has 0 N–H and O–H groups in total. The zero-order valence-electron chi connectivity index (χ0n) is 27.1. The Hall–Kier alpha value is -6.63. The molecule has 0 bridgehead atoms. The largest absolute Gasteiger partial charge is 0.454 e. The highest BCUT2D eigenvalue weighted by atomic mass is 32.1. The van der Waals surface area contributed by atoms with Crippen LogP contribution >= 0.6 is 11.3 Å². The average Bonchev–Trinajstić information content (AvgIpc) is 3.87. The maximum Gasteiger partial charge on any atom is 0.164 e. The summed E-state index contributed by atoms with van der Waals surface area (Å²) >= 11 is 1.85. The SMILES string of the molecule is c1ccc(-c2nc(-c3ccccc3)nc(-c3ccc(-n4c5ccccc5c5cc6sc7ccccc7c6cc54)c4oc5ccccc5c34)n2)cc1. The molecule has 0 saturated carbocycles. The number of para-hydroxylation sites is 2. The Morgan fingerprint density at radius 1 is 0.451 bits per heavy atom. The van der Waals surface area contributed by atoms with Gasteiger partial charge in [0.2, 0.25) is 0 Å². The minimum atomic E-state index is 0.597. The second kappa shape index (κ2) is 10.9. The summed E-state index contributed by atoms with van der Waals surface area (Å²) in [5, 5.41) is 6.95. The molecule has 0 saturated heterocycles. The molecule has 6 heteroatoms. The van der Waals surface area contributed by atoms with Crippen molar-refractivity contribution in [2.24, 2.45) is 0 Å². The van der Waals surface area contributed by atoms with Gasteiger partial charge in [-0.25, -0.2) is 15.0 Å². The molecule has 11 aromatic rings. The second-order valence-electron chi connectivity index (χ2n) is 12.8. The predicted molar refractivity (Wildman–Crippen MR) is 211 cm³/mol. The Morgan fingerprint density at radius 2 is 1.08 bits per heavy atom. The summed E-state index contributed by atoms with van der Waals surface area (Å²) < 4.78 is 11.8. The Morgan fingerprint density at radius 3 is 1.84 bits per heavy atom. The van der Waals surface area contributed by atoms with Crippen molar-refractivity contribution in [3.8, 4) is 39.9 Å². The van der Waals surface area contributed by atoms with Crippen molar-refractivity contribution < 1.29 is 4.42 Å². The van der Waals surface area contributed by atoms with Crippen LogP contribution in [0.5, 0.6) is 0 Å². The maximum atomic E-state index is 6.85. The van der Waals surface area contributed by atoms with Gasteiger partial charge in [0.05, 0.1) is 16.7 Å². The van der Waals surface area contributed by atoms with Gasteiger partial charge in [-0.3, -0.25) is 0 Å². The Balaban J connectivity index is 1.23. The fraction of sp³-hybridized carbons (Fsp3) is 0. The molecule has 4 heterocycles. The van der Waals surface area contributed by atoms with Crippen LogP contribution in [0.4, 0.5) is 0 Å². The van der Waals surface area contributed by atoms with Gasteiger partial charge in [0.25, 0.3) is 0 Å². The van der Waals surface area contributed by atoms with Crippen molar-refractivity contribution in [3.63, 3.8) is 0 Å². The lowest BCUT2D eigenvalue weighted by Crippen LogP contribution is -2.01. The first-order valence-electron chi connectivity index (χ1n) is 16.9. The zero-order valence-corrected chi connectivity index (χ0v) is 27.9. The van der Waals surface area contributed by atoms with E-state index in [4.69, 9.17) is 19.4 Å². The normalized spacial score (nSPS) is 11.9. The van der Waals surface area contributed by atoms with E-state index in [2.05, 4.69) is 89.5 Å². The van der Waals surface area contributed by atoms with Crippen LogP contribution in [0.15, 0.2) is 162 Å². The molecule has 0 fully saturated rings. The van der Waals surface area contributed by atoms with Crippen LogP contribution in [0.2, 0.25) is 0 Å². The van der Waals surface area contributed by atoms with Crippen molar-refractivity contribution in [2.45, 2.75) is 0 Å². The first kappa shape index (κ1) is 28.2. The minimum absolute atomic E-state index is 0.597. The van der Waals surface area contributed by atoms with E-state index in [9.17, 15) is 0 Å². The number of benzene rings is 7. The molecule has 11 rings (SSSR count). The van der Waals surface area contributed by atoms with Crippen molar-refractivity contribution in [2.75, 3.05) is 0 Å². The molecule has 0 spiro atoms. The number of nitrogens with zero attached hydrogens (tertiary/aromatic N) is 4. The van der Waals surface area contributed by atoms with Crippen LogP contribution in [-0.4, -0.2) is 19.5 Å². The summed E-state index contributed by atoms with van der Waals surface area (Å²) in [6, 6.07) is 54.8. The highest BCUT2D eigenvalue weighted by molar-refractivity contribution is 7.25. The van der Waals surface area contributed by atoms with E-state index in [0.29, 0.717) is 17.5 Å². The van der Waals surface area contributed by atoms with E-state index < -0.39 is 0 Å². The van der Waals surface area contributed by atoms with Gasteiger partial charge in [0.15, 0.2) is 23.1 Å². The third-order valence-corrected chi connectivity index (χ3v) is 11.0. The first-order chi connectivity index (χ1) is 25.3. The third-order valence-electron chi connectivity index (χ3n) is 9.86. The average molecular weight is 671 g/mol. The molecule has 0 aliphatic heterocycles. The Bertz CT molecular complexity index is 3080. The van der Waals surface area contributed by atoms with Crippen LogP contribution < -0.4 is 0 Å². The molecule has 0 amide bonds. The summed E-state index contributed by atoms with van der Waals surface area (Å²) in [7, 11) is 0. The van der Waals surface area contributed by atoms with Gasteiger partial charge in [0.1, 0.15) is 5.58 Å². The summed E-state index contributed by atoms with van der Waals surface area (Å²) in [5.74, 6) is 1.84. The van der Waals surface area contributed by atoms with E-state index in [1.807, 2.05) is 84.1 Å². The second-order valence-corrected chi connectivity index (χ2v) is 13.9. The molecule has 7 aromatic carbocycles. The number of hydrogen-bond acceptors (Lipinski definition) is 5. The smallest absolute Gasteiger partial charge is 0.164 e. The van der Waals surface area contributed by atoms with Gasteiger partial charge in [0, 0.05) is 58.4 Å². The Labute approximate surface area is 295 Å². The lowest BCUT2D eigenvalue weighted by molar-refractivity contribution is 0.666. The number of hydrogen-bond donors (Lipinski definition) is 0. The zero-order chi connectivity index (χ0) is 33.5. The monoisotopic (exact) mass is 670 g/mol. The number of aromatic nitrogens is 4. The van der Waals surface area contributed by atoms with Gasteiger partial charge in [-0.05, 0) is 42.5 Å². The quantitative estimate of drug-likeness (QED) is 0.187. The topological polar surface area (TPSA) is 56.7 Å². The van der Waals surface area contributed by atoms with E-state index in [-0.39, 0.29) is 0 Å². The molecule has 0 radical (unpaired) electrons. The fourth-order valence-corrected chi connectivity index (χ4v) is 8.68. The molecule has 0 atom stereocenters. The lowest BCUT2D eigenvalue weighted by atomic mass is 10.0. The van der Waals surface area contributed by atoms with Gasteiger partial charge >= 0.3 is 0 Å². The van der Waals surface area contributed by atoms with Crippen molar-refractivity contribution >= 4 is 75.3 Å². The molecule has 238 valence electrons. The molecular formula is C45H26N4OS. The third kappa shape index (κ3) is 4.30. The van der Waals surface area contributed by atoms with Crippen LogP contribution in [0.1, 0.15) is 0 Å². The van der Waals surface area contributed by atoms with Crippen LogP contribution in [0.3, 0.4) is 0 Å². The molecule has 0 unspecified atom stereocenters. The number of fused-ring (bicyclic) bond motifs is 9. The van der Waals surface area contributed by atoms with Crippen molar-refractivity contribution in [1.82, 2.24) is 19.5 Å². The molecule has 0 aliphatic carbocycles. The van der Waals surface area contributed by atoms with Crippen LogP contribution in [0.25, 0.3) is 104 Å². The maximum absolute atomic E-state index is 6.85. The van der Waals surface area contributed by atoms with E-state index in [1.54, 1.807) is 0 Å². The van der Waals surface area contributed by atoms with Gasteiger partial charge in [-0.15, -0.1) is 11.3 Å². The van der Waals surface area contributed by atoms with Gasteiger partial charge in [-0.1, -0.05) is 115 Å². The number of rotatable bonds is 4.